The van der Waals surface area contributed by atoms with Crippen LogP contribution in [0.25, 0.3) is 0 Å². The number of ether oxygens (including phenoxy) is 2. The highest BCUT2D eigenvalue weighted by atomic mass is 17.3. The van der Waals surface area contributed by atoms with Crippen LogP contribution in [0.4, 0.5) is 0 Å². The first-order chi connectivity index (χ1) is 7.98. The van der Waals surface area contributed by atoms with E-state index >= 15 is 0 Å². The fourth-order valence-corrected chi connectivity index (χ4v) is 1.40. The second-order valence-electron chi connectivity index (χ2n) is 3.80. The summed E-state index contributed by atoms with van der Waals surface area (Å²) < 4.78 is 9.74. The van der Waals surface area contributed by atoms with Gasteiger partial charge in [0.2, 0.25) is 0 Å². The summed E-state index contributed by atoms with van der Waals surface area (Å²) in [6.07, 6.45) is 1.01. The van der Waals surface area contributed by atoms with Gasteiger partial charge in [0, 0.05) is 19.8 Å². The molecule has 7 nitrogen and oxygen atoms in total. The van der Waals surface area contributed by atoms with Gasteiger partial charge in [-0.1, -0.05) is 0 Å². The molecule has 7 heteroatoms. The monoisotopic (exact) mass is 248 g/mol. The molecule has 2 atom stereocenters. The lowest BCUT2D eigenvalue weighted by Crippen LogP contribution is -2.38. The van der Waals surface area contributed by atoms with Crippen molar-refractivity contribution < 1.29 is 33.9 Å². The Hall–Kier alpha value is -1.18. The number of hydrogen-bond acceptors (Lipinski definition) is 6. The van der Waals surface area contributed by atoms with Gasteiger partial charge >= 0.3 is 11.9 Å². The van der Waals surface area contributed by atoms with Crippen molar-refractivity contribution in [1.29, 1.82) is 0 Å². The van der Waals surface area contributed by atoms with Crippen molar-refractivity contribution in [1.82, 2.24) is 0 Å². The first kappa shape index (κ1) is 13.9. The van der Waals surface area contributed by atoms with Gasteiger partial charge in [0.15, 0.2) is 6.29 Å². The maximum atomic E-state index is 11.3. The van der Waals surface area contributed by atoms with E-state index < -0.39 is 24.0 Å². The number of unbranched alkanes of at least 4 members (excludes halogenated alkanes) is 1. The van der Waals surface area contributed by atoms with Crippen LogP contribution >= 0.6 is 0 Å². The minimum absolute atomic E-state index is 0.0991. The summed E-state index contributed by atoms with van der Waals surface area (Å²) in [6, 6.07) is 0. The Labute approximate surface area is 98.5 Å². The zero-order valence-corrected chi connectivity index (χ0v) is 9.80. The van der Waals surface area contributed by atoms with Gasteiger partial charge < -0.3 is 14.6 Å². The van der Waals surface area contributed by atoms with E-state index in [1.54, 1.807) is 0 Å². The molecule has 1 aliphatic heterocycles. The van der Waals surface area contributed by atoms with Gasteiger partial charge in [-0.2, -0.15) is 4.89 Å². The van der Waals surface area contributed by atoms with Gasteiger partial charge in [-0.15, -0.1) is 0 Å². The third-order valence-electron chi connectivity index (χ3n) is 2.31. The minimum Gasteiger partial charge on any atom is -0.481 e. The van der Waals surface area contributed by atoms with Crippen LogP contribution < -0.4 is 0 Å². The van der Waals surface area contributed by atoms with Crippen LogP contribution in [0, 0.1) is 0 Å². The Bertz CT molecular complexity index is 290. The molecule has 0 aromatic carbocycles. The molecule has 1 N–H and O–H groups in total. The summed E-state index contributed by atoms with van der Waals surface area (Å²) in [4.78, 5) is 31.1. The van der Waals surface area contributed by atoms with Crippen molar-refractivity contribution in [3.8, 4) is 0 Å². The number of carboxylic acids is 1. The molecule has 2 unspecified atom stereocenters. The van der Waals surface area contributed by atoms with Crippen LogP contribution in [0.3, 0.4) is 0 Å². The van der Waals surface area contributed by atoms with E-state index in [0.717, 1.165) is 0 Å². The number of carbonyl (C=O) groups excluding carboxylic acids is 1. The molecule has 0 amide bonds. The first-order valence-corrected chi connectivity index (χ1v) is 5.30. The molecule has 0 spiro atoms. The lowest BCUT2D eigenvalue weighted by Gasteiger charge is -2.16. The van der Waals surface area contributed by atoms with E-state index in [0.29, 0.717) is 19.3 Å². The molecule has 0 aliphatic carbocycles. The van der Waals surface area contributed by atoms with Crippen molar-refractivity contribution >= 4 is 11.9 Å². The van der Waals surface area contributed by atoms with Gasteiger partial charge in [0.05, 0.1) is 7.11 Å². The zero-order valence-electron chi connectivity index (χ0n) is 9.80. The number of aliphatic carboxylic acids is 1. The molecule has 0 saturated carbocycles. The Kier molecular flexibility index (Phi) is 4.86. The normalized spacial score (nSPS) is 28.0. The van der Waals surface area contributed by atoms with Crippen molar-refractivity contribution in [3.05, 3.63) is 0 Å². The number of hydrogen-bond donors (Lipinski definition) is 1. The summed E-state index contributed by atoms with van der Waals surface area (Å²) in [7, 11) is 1.22. The molecule has 98 valence electrons. The van der Waals surface area contributed by atoms with Gasteiger partial charge in [-0.05, 0) is 12.8 Å². The lowest BCUT2D eigenvalue weighted by atomic mass is 10.2. The Balaban J connectivity index is 2.26. The molecule has 0 aromatic rings. The number of methoxy groups -OCH3 is 1. The lowest BCUT2D eigenvalue weighted by molar-refractivity contribution is -0.321. The average Bonchev–Trinajstić information content (AvgIpc) is 2.66. The second kappa shape index (κ2) is 5.95. The molecule has 0 aromatic heterocycles. The zero-order chi connectivity index (χ0) is 12.9. The summed E-state index contributed by atoms with van der Waals surface area (Å²) in [6.45, 7) is 1.40. The molecule has 0 bridgehead atoms. The van der Waals surface area contributed by atoms with E-state index in [-0.39, 0.29) is 6.42 Å². The summed E-state index contributed by atoms with van der Waals surface area (Å²) in [5.74, 6) is -3.05. The predicted molar refractivity (Wildman–Crippen MR) is 53.6 cm³/mol. The van der Waals surface area contributed by atoms with E-state index in [4.69, 9.17) is 19.6 Å². The van der Waals surface area contributed by atoms with Crippen molar-refractivity contribution in [2.75, 3.05) is 7.11 Å². The standard InChI is InChI=1S/C10H16O7/c1-10(9(13)14-2)15-8(16-17-10)6-4-3-5-7(11)12/h8H,3-6H2,1-2H3,(H,11,12). The van der Waals surface area contributed by atoms with Crippen LogP contribution in [-0.4, -0.2) is 36.2 Å². The number of esters is 1. The van der Waals surface area contributed by atoms with E-state index in [1.807, 2.05) is 0 Å². The molecule has 17 heavy (non-hydrogen) atoms. The number of carbonyl (C=O) groups is 2. The van der Waals surface area contributed by atoms with Crippen molar-refractivity contribution in [2.24, 2.45) is 0 Å². The van der Waals surface area contributed by atoms with Crippen molar-refractivity contribution in [2.45, 2.75) is 44.7 Å². The average molecular weight is 248 g/mol. The Morgan fingerprint density at radius 2 is 2.12 bits per heavy atom. The summed E-state index contributed by atoms with van der Waals surface area (Å²) >= 11 is 0. The number of carboxylic acid groups (broad SMARTS) is 1. The second-order valence-corrected chi connectivity index (χ2v) is 3.80. The molecular weight excluding hydrogens is 232 g/mol. The van der Waals surface area contributed by atoms with Gasteiger partial charge in [0.25, 0.3) is 5.79 Å². The molecule has 1 saturated heterocycles. The van der Waals surface area contributed by atoms with E-state index in [1.165, 1.54) is 14.0 Å². The van der Waals surface area contributed by atoms with Gasteiger partial charge in [0.1, 0.15) is 0 Å². The smallest absolute Gasteiger partial charge is 0.369 e. The highest BCUT2D eigenvalue weighted by Gasteiger charge is 2.47. The quantitative estimate of drug-likeness (QED) is 0.422. The fraction of sp³-hybridized carbons (Fsp3) is 0.800. The minimum atomic E-state index is -1.54. The highest BCUT2D eigenvalue weighted by molar-refractivity contribution is 5.77. The van der Waals surface area contributed by atoms with Crippen LogP contribution in [0.1, 0.15) is 32.6 Å². The third-order valence-corrected chi connectivity index (χ3v) is 2.31. The maximum Gasteiger partial charge on any atom is 0.369 e. The van der Waals surface area contributed by atoms with Crippen LogP contribution in [0.5, 0.6) is 0 Å². The van der Waals surface area contributed by atoms with Crippen LogP contribution in [0.2, 0.25) is 0 Å². The Morgan fingerprint density at radius 1 is 1.41 bits per heavy atom. The topological polar surface area (TPSA) is 91.3 Å². The first-order valence-electron chi connectivity index (χ1n) is 5.30. The van der Waals surface area contributed by atoms with Crippen molar-refractivity contribution in [3.63, 3.8) is 0 Å². The van der Waals surface area contributed by atoms with Gasteiger partial charge in [-0.3, -0.25) is 4.79 Å². The fourth-order valence-electron chi connectivity index (χ4n) is 1.40. The summed E-state index contributed by atoms with van der Waals surface area (Å²) in [5, 5.41) is 8.44. The maximum absolute atomic E-state index is 11.3. The third kappa shape index (κ3) is 3.95. The Morgan fingerprint density at radius 3 is 2.71 bits per heavy atom. The molecule has 0 radical (unpaired) electrons. The SMILES string of the molecule is COC(=O)C1(C)OOC(CCCCC(=O)O)O1. The molecule has 1 rings (SSSR count). The van der Waals surface area contributed by atoms with Crippen LogP contribution in [0.15, 0.2) is 0 Å². The molecule has 1 fully saturated rings. The largest absolute Gasteiger partial charge is 0.481 e. The molecule has 1 aliphatic rings. The number of rotatable bonds is 6. The van der Waals surface area contributed by atoms with Gasteiger partial charge in [-0.25, -0.2) is 9.68 Å². The highest BCUT2D eigenvalue weighted by Crippen LogP contribution is 2.28. The predicted octanol–water partition coefficient (Wildman–Crippen LogP) is 0.825. The molecule has 1 heterocycles. The van der Waals surface area contributed by atoms with Crippen LogP contribution in [-0.2, 0) is 28.8 Å². The van der Waals surface area contributed by atoms with E-state index in [2.05, 4.69) is 4.74 Å². The molecular formula is C10H16O7. The summed E-state index contributed by atoms with van der Waals surface area (Å²) in [5.41, 5.74) is 0. The van der Waals surface area contributed by atoms with E-state index in [9.17, 15) is 9.59 Å².